The molecule has 0 heterocycles. The van der Waals surface area contributed by atoms with Crippen molar-refractivity contribution in [2.75, 3.05) is 20.3 Å². The average Bonchev–Trinajstić information content (AvgIpc) is 2.71. The fraction of sp³-hybridized carbons (Fsp3) is 0.400. The van der Waals surface area contributed by atoms with Crippen molar-refractivity contribution >= 4 is 6.21 Å². The first-order valence-electron chi connectivity index (χ1n) is 10.2. The molecular weight excluding hydrogens is 362 g/mol. The van der Waals surface area contributed by atoms with Gasteiger partial charge in [-0.3, -0.25) is 0 Å². The quantitative estimate of drug-likeness (QED) is 0.197. The molecule has 0 fully saturated rings. The maximum Gasteiger partial charge on any atom is 0.125 e. The molecule has 4 nitrogen and oxygen atoms in total. The Balaban J connectivity index is 1.83. The van der Waals surface area contributed by atoms with Crippen molar-refractivity contribution in [2.45, 2.75) is 46.5 Å². The summed E-state index contributed by atoms with van der Waals surface area (Å²) in [6.07, 6.45) is 7.78. The van der Waals surface area contributed by atoms with E-state index >= 15 is 0 Å². The molecule has 0 N–H and O–H groups in total. The molecule has 0 saturated carbocycles. The van der Waals surface area contributed by atoms with Crippen LogP contribution in [0.4, 0.5) is 0 Å². The van der Waals surface area contributed by atoms with Crippen LogP contribution in [0.1, 0.15) is 54.9 Å². The number of benzene rings is 2. The number of allylic oxidation sites excluding steroid dienone is 1. The largest absolute Gasteiger partial charge is 0.493 e. The highest BCUT2D eigenvalue weighted by Gasteiger charge is 2.09. The molecule has 0 aromatic heterocycles. The zero-order valence-corrected chi connectivity index (χ0v) is 18.3. The van der Waals surface area contributed by atoms with Crippen molar-refractivity contribution < 1.29 is 14.3 Å². The van der Waals surface area contributed by atoms with E-state index in [-0.39, 0.29) is 0 Å². The summed E-state index contributed by atoms with van der Waals surface area (Å²) in [5.41, 5.74) is 4.59. The molecule has 0 aliphatic carbocycles. The number of hydrogen-bond acceptors (Lipinski definition) is 4. The zero-order chi connectivity index (χ0) is 21.1. The minimum absolute atomic E-state index is 0.483. The minimum Gasteiger partial charge on any atom is -0.493 e. The zero-order valence-electron chi connectivity index (χ0n) is 18.3. The van der Waals surface area contributed by atoms with Gasteiger partial charge in [0.25, 0.3) is 0 Å². The van der Waals surface area contributed by atoms with Crippen LogP contribution in [-0.4, -0.2) is 26.5 Å². The van der Waals surface area contributed by atoms with Crippen molar-refractivity contribution in [1.82, 2.24) is 0 Å². The van der Waals surface area contributed by atoms with E-state index in [9.17, 15) is 0 Å². The van der Waals surface area contributed by atoms with Gasteiger partial charge in [-0.05, 0) is 73.9 Å². The Morgan fingerprint density at radius 3 is 2.34 bits per heavy atom. The molecule has 0 bridgehead atoms. The Morgan fingerprint density at radius 2 is 1.72 bits per heavy atom. The predicted molar refractivity (Wildman–Crippen MR) is 120 cm³/mol. The van der Waals surface area contributed by atoms with Crippen LogP contribution in [0, 0.1) is 13.8 Å². The molecule has 2 aromatic carbocycles. The molecule has 0 amide bonds. The third-order valence-electron chi connectivity index (χ3n) is 4.86. The Kier molecular flexibility index (Phi) is 9.29. The normalized spacial score (nSPS) is 12.4. The molecule has 2 rings (SSSR count). The van der Waals surface area contributed by atoms with Gasteiger partial charge in [-0.25, -0.2) is 0 Å². The third-order valence-corrected chi connectivity index (χ3v) is 4.86. The van der Waals surface area contributed by atoms with Gasteiger partial charge in [0.05, 0.1) is 12.8 Å². The maximum atomic E-state index is 6.10. The average molecular weight is 396 g/mol. The Morgan fingerprint density at radius 1 is 1.03 bits per heavy atom. The van der Waals surface area contributed by atoms with Gasteiger partial charge < -0.3 is 14.3 Å². The first-order chi connectivity index (χ1) is 14.0. The molecule has 2 aromatic rings. The van der Waals surface area contributed by atoms with E-state index < -0.39 is 0 Å². The van der Waals surface area contributed by atoms with Crippen molar-refractivity contribution in [3.05, 3.63) is 70.8 Å². The molecular formula is C25H33NO3. The van der Waals surface area contributed by atoms with E-state index in [0.717, 1.165) is 41.0 Å². The number of ether oxygens (including phenoxy) is 2. The van der Waals surface area contributed by atoms with Crippen LogP contribution < -0.4 is 9.47 Å². The van der Waals surface area contributed by atoms with Crippen LogP contribution in [-0.2, 0) is 4.84 Å². The fourth-order valence-electron chi connectivity index (χ4n) is 3.22. The first kappa shape index (κ1) is 22.5. The molecule has 0 saturated heterocycles. The Labute approximate surface area is 175 Å². The van der Waals surface area contributed by atoms with E-state index in [1.54, 1.807) is 13.3 Å². The number of nitrogens with zero attached hydrogens (tertiary/aromatic N) is 1. The summed E-state index contributed by atoms with van der Waals surface area (Å²) in [5.74, 6) is 2.34. The van der Waals surface area contributed by atoms with E-state index in [4.69, 9.17) is 14.3 Å². The highest BCUT2D eigenvalue weighted by Crippen LogP contribution is 2.29. The van der Waals surface area contributed by atoms with Crippen molar-refractivity contribution in [1.29, 1.82) is 0 Å². The molecule has 0 spiro atoms. The van der Waals surface area contributed by atoms with Crippen LogP contribution in [0.25, 0.3) is 0 Å². The van der Waals surface area contributed by atoms with Crippen molar-refractivity contribution in [3.63, 3.8) is 0 Å². The van der Waals surface area contributed by atoms with E-state index in [1.165, 1.54) is 5.56 Å². The number of oxime groups is 1. The minimum atomic E-state index is 0.483. The highest BCUT2D eigenvalue weighted by atomic mass is 16.6. The second-order valence-corrected chi connectivity index (χ2v) is 7.24. The molecule has 1 unspecified atom stereocenters. The van der Waals surface area contributed by atoms with Crippen molar-refractivity contribution in [3.8, 4) is 11.5 Å². The van der Waals surface area contributed by atoms with Crippen LogP contribution in [0.2, 0.25) is 0 Å². The summed E-state index contributed by atoms with van der Waals surface area (Å²) >= 11 is 0. The van der Waals surface area contributed by atoms with Crippen LogP contribution >= 0.6 is 0 Å². The Bertz CT molecular complexity index is 786. The summed E-state index contributed by atoms with van der Waals surface area (Å²) in [5, 5.41) is 3.79. The molecule has 0 aliphatic heterocycles. The number of aryl methyl sites for hydroxylation is 2. The maximum absolute atomic E-state index is 6.10. The van der Waals surface area contributed by atoms with Crippen LogP contribution in [0.5, 0.6) is 11.5 Å². The standard InChI is InChI=1S/C25H33NO3/c1-6-7-14-28-24-16-20(3)25(21(4)17-24)29-15-8-9-19(2)23-12-10-22(11-13-23)18-26-27-5/h6-7,10-13,16-19H,8-9,14-15H2,1-5H3/b7-6+,26-18?. The highest BCUT2D eigenvalue weighted by molar-refractivity contribution is 5.79. The summed E-state index contributed by atoms with van der Waals surface area (Å²) in [6.45, 7) is 9.69. The molecule has 1 atom stereocenters. The molecule has 4 heteroatoms. The van der Waals surface area contributed by atoms with Gasteiger partial charge in [0.15, 0.2) is 0 Å². The molecule has 0 radical (unpaired) electrons. The molecule has 29 heavy (non-hydrogen) atoms. The first-order valence-corrected chi connectivity index (χ1v) is 10.2. The van der Waals surface area contributed by atoms with E-state index in [0.29, 0.717) is 19.1 Å². The van der Waals surface area contributed by atoms with Gasteiger partial charge in [0.1, 0.15) is 25.2 Å². The van der Waals surface area contributed by atoms with Crippen LogP contribution in [0.3, 0.4) is 0 Å². The summed E-state index contributed by atoms with van der Waals surface area (Å²) in [4.78, 5) is 4.72. The van der Waals surface area contributed by atoms with Crippen molar-refractivity contribution in [2.24, 2.45) is 5.16 Å². The monoisotopic (exact) mass is 395 g/mol. The Hall–Kier alpha value is -2.75. The second kappa shape index (κ2) is 11.9. The van der Waals surface area contributed by atoms with E-state index in [2.05, 4.69) is 50.2 Å². The SMILES string of the molecule is C/C=C/COc1cc(C)c(OCCCC(C)c2ccc(C=NOC)cc2)c(C)c1. The van der Waals surface area contributed by atoms with Crippen LogP contribution in [0.15, 0.2) is 53.7 Å². The topological polar surface area (TPSA) is 40.0 Å². The number of rotatable bonds is 11. The molecule has 0 aliphatic rings. The third kappa shape index (κ3) is 7.30. The summed E-state index contributed by atoms with van der Waals surface area (Å²) in [6, 6.07) is 12.5. The lowest BCUT2D eigenvalue weighted by atomic mass is 9.95. The predicted octanol–water partition coefficient (Wildman–Crippen LogP) is 6.20. The fourth-order valence-corrected chi connectivity index (χ4v) is 3.22. The number of hydrogen-bond donors (Lipinski definition) is 0. The summed E-state index contributed by atoms with van der Waals surface area (Å²) < 4.78 is 11.8. The van der Waals surface area contributed by atoms with Gasteiger partial charge in [0.2, 0.25) is 0 Å². The smallest absolute Gasteiger partial charge is 0.125 e. The van der Waals surface area contributed by atoms with Gasteiger partial charge in [-0.1, -0.05) is 48.5 Å². The van der Waals surface area contributed by atoms with E-state index in [1.807, 2.05) is 31.2 Å². The lowest BCUT2D eigenvalue weighted by Crippen LogP contribution is -2.04. The van der Waals surface area contributed by atoms with Gasteiger partial charge in [-0.2, -0.15) is 0 Å². The molecule has 156 valence electrons. The van der Waals surface area contributed by atoms with Gasteiger partial charge in [-0.15, -0.1) is 0 Å². The van der Waals surface area contributed by atoms with Gasteiger partial charge >= 0.3 is 0 Å². The lowest BCUT2D eigenvalue weighted by Gasteiger charge is -2.16. The lowest BCUT2D eigenvalue weighted by molar-refractivity contribution is 0.215. The van der Waals surface area contributed by atoms with Gasteiger partial charge in [0, 0.05) is 0 Å². The summed E-state index contributed by atoms with van der Waals surface area (Å²) in [7, 11) is 1.55. The second-order valence-electron chi connectivity index (χ2n) is 7.24.